The quantitative estimate of drug-likeness (QED) is 0.649. The van der Waals surface area contributed by atoms with Gasteiger partial charge in [0.25, 0.3) is 0 Å². The standard InChI is InChI=1S/C13H30N2.C9H14O/c1-11(2)12(3)8-10-15(6)13(4)7-9-14-5;1-7(10)8-5-9(6-8)3-2-4-9/h11-14H,7-10H2,1-6H3;8H,2-6H2,1H3. The Kier molecular flexibility index (Phi) is 9.66. The molecule has 0 heterocycles. The molecule has 2 fully saturated rings. The molecule has 2 unspecified atom stereocenters. The van der Waals surface area contributed by atoms with Crippen molar-refractivity contribution in [2.24, 2.45) is 23.2 Å². The highest BCUT2D eigenvalue weighted by Crippen LogP contribution is 2.58. The molecule has 2 atom stereocenters. The Morgan fingerprint density at radius 2 is 1.76 bits per heavy atom. The number of rotatable bonds is 9. The van der Waals surface area contributed by atoms with Gasteiger partial charge in [-0.25, -0.2) is 0 Å². The minimum Gasteiger partial charge on any atom is -0.320 e. The Balaban J connectivity index is 0.000000267. The summed E-state index contributed by atoms with van der Waals surface area (Å²) in [7, 11) is 4.26. The molecule has 1 N–H and O–H groups in total. The number of Topliss-reactive ketones (excluding diaryl/α,β-unsaturated/α-hetero) is 1. The Bertz CT molecular complexity index is 381. The number of nitrogens with zero attached hydrogens (tertiary/aromatic N) is 1. The summed E-state index contributed by atoms with van der Waals surface area (Å²) in [6.45, 7) is 13.4. The molecule has 1 spiro atoms. The zero-order valence-electron chi connectivity index (χ0n) is 18.0. The van der Waals surface area contributed by atoms with Crippen molar-refractivity contribution >= 4 is 5.78 Å². The molecule has 2 rings (SSSR count). The van der Waals surface area contributed by atoms with Gasteiger partial charge in [-0.15, -0.1) is 0 Å². The summed E-state index contributed by atoms with van der Waals surface area (Å²) in [5.74, 6) is 2.51. The van der Waals surface area contributed by atoms with E-state index in [1.807, 2.05) is 7.05 Å². The van der Waals surface area contributed by atoms with Crippen molar-refractivity contribution in [1.29, 1.82) is 0 Å². The number of carbonyl (C=O) groups is 1. The third kappa shape index (κ3) is 7.38. The second-order valence-corrected chi connectivity index (χ2v) is 9.30. The van der Waals surface area contributed by atoms with Crippen LogP contribution in [0.5, 0.6) is 0 Å². The van der Waals surface area contributed by atoms with Gasteiger partial charge in [-0.2, -0.15) is 0 Å². The Hall–Kier alpha value is -0.410. The molecule has 3 heteroatoms. The van der Waals surface area contributed by atoms with Crippen LogP contribution >= 0.6 is 0 Å². The summed E-state index contributed by atoms with van der Waals surface area (Å²) in [6, 6.07) is 0.691. The van der Waals surface area contributed by atoms with Gasteiger partial charge in [-0.1, -0.05) is 27.2 Å². The molecule has 0 amide bonds. The van der Waals surface area contributed by atoms with Gasteiger partial charge in [0.2, 0.25) is 0 Å². The summed E-state index contributed by atoms with van der Waals surface area (Å²) in [5.41, 5.74) is 0.677. The molecule has 0 radical (unpaired) electrons. The molecule has 3 nitrogen and oxygen atoms in total. The Morgan fingerprint density at radius 1 is 1.16 bits per heavy atom. The minimum absolute atomic E-state index is 0.414. The molecular formula is C22H44N2O. The van der Waals surface area contributed by atoms with Crippen LogP contribution in [-0.4, -0.2) is 43.9 Å². The fraction of sp³-hybridized carbons (Fsp3) is 0.955. The first kappa shape index (κ1) is 22.6. The Labute approximate surface area is 157 Å². The number of hydrogen-bond acceptors (Lipinski definition) is 3. The fourth-order valence-electron chi connectivity index (χ4n) is 3.89. The predicted octanol–water partition coefficient (Wildman–Crippen LogP) is 4.75. The van der Waals surface area contributed by atoms with Gasteiger partial charge >= 0.3 is 0 Å². The van der Waals surface area contributed by atoms with E-state index in [1.165, 1.54) is 51.5 Å². The summed E-state index contributed by atoms with van der Waals surface area (Å²) in [4.78, 5) is 13.3. The number of nitrogens with one attached hydrogen (secondary N) is 1. The van der Waals surface area contributed by atoms with Gasteiger partial charge in [0, 0.05) is 12.0 Å². The maximum absolute atomic E-state index is 10.9. The second-order valence-electron chi connectivity index (χ2n) is 9.30. The number of hydrogen-bond donors (Lipinski definition) is 1. The van der Waals surface area contributed by atoms with Crippen molar-refractivity contribution in [3.63, 3.8) is 0 Å². The SMILES string of the molecule is CC(=O)C1CC2(CCC2)C1.CNCCC(C)N(C)CCC(C)C(C)C. The molecule has 0 aromatic heterocycles. The second kappa shape index (κ2) is 10.7. The number of carbonyl (C=O) groups excluding carboxylic acids is 1. The van der Waals surface area contributed by atoms with Crippen molar-refractivity contribution in [3.8, 4) is 0 Å². The average Bonchev–Trinajstić information content (AvgIpc) is 2.47. The molecular weight excluding hydrogens is 308 g/mol. The largest absolute Gasteiger partial charge is 0.320 e. The lowest BCUT2D eigenvalue weighted by molar-refractivity contribution is -0.132. The molecule has 148 valence electrons. The molecule has 2 aliphatic carbocycles. The van der Waals surface area contributed by atoms with E-state index in [9.17, 15) is 4.79 Å². The monoisotopic (exact) mass is 352 g/mol. The summed E-state index contributed by atoms with van der Waals surface area (Å²) in [5, 5.41) is 3.21. The van der Waals surface area contributed by atoms with Crippen LogP contribution in [0.1, 0.15) is 79.6 Å². The van der Waals surface area contributed by atoms with Crippen molar-refractivity contribution in [1.82, 2.24) is 10.2 Å². The van der Waals surface area contributed by atoms with Crippen LogP contribution in [0, 0.1) is 23.2 Å². The molecule has 2 saturated carbocycles. The zero-order chi connectivity index (χ0) is 19.0. The first-order valence-corrected chi connectivity index (χ1v) is 10.6. The lowest BCUT2D eigenvalue weighted by Crippen LogP contribution is -2.45. The summed E-state index contributed by atoms with van der Waals surface area (Å²) < 4.78 is 0. The van der Waals surface area contributed by atoms with E-state index in [1.54, 1.807) is 6.92 Å². The fourth-order valence-corrected chi connectivity index (χ4v) is 3.89. The topological polar surface area (TPSA) is 32.3 Å². The van der Waals surface area contributed by atoms with E-state index < -0.39 is 0 Å². The summed E-state index contributed by atoms with van der Waals surface area (Å²) >= 11 is 0. The lowest BCUT2D eigenvalue weighted by atomic mass is 9.51. The van der Waals surface area contributed by atoms with Crippen LogP contribution in [0.25, 0.3) is 0 Å². The van der Waals surface area contributed by atoms with E-state index in [2.05, 4.69) is 45.0 Å². The van der Waals surface area contributed by atoms with Crippen LogP contribution < -0.4 is 5.32 Å². The van der Waals surface area contributed by atoms with Crippen LogP contribution in [0.15, 0.2) is 0 Å². The first-order chi connectivity index (χ1) is 11.7. The molecule has 0 saturated heterocycles. The van der Waals surface area contributed by atoms with Crippen molar-refractivity contribution < 1.29 is 4.79 Å². The predicted molar refractivity (Wildman–Crippen MR) is 109 cm³/mol. The third-order valence-electron chi connectivity index (χ3n) is 6.99. The Morgan fingerprint density at radius 3 is 2.16 bits per heavy atom. The van der Waals surface area contributed by atoms with Gasteiger partial charge in [-0.3, -0.25) is 4.79 Å². The van der Waals surface area contributed by atoms with Gasteiger partial charge in [-0.05, 0) is 96.8 Å². The maximum Gasteiger partial charge on any atom is 0.132 e. The zero-order valence-corrected chi connectivity index (χ0v) is 18.0. The van der Waals surface area contributed by atoms with Crippen molar-refractivity contribution in [3.05, 3.63) is 0 Å². The smallest absolute Gasteiger partial charge is 0.132 e. The molecule has 0 aromatic rings. The van der Waals surface area contributed by atoms with E-state index in [-0.39, 0.29) is 0 Å². The lowest BCUT2D eigenvalue weighted by Gasteiger charge is -2.53. The molecule has 0 bridgehead atoms. The molecule has 2 aliphatic rings. The normalized spacial score (nSPS) is 21.3. The van der Waals surface area contributed by atoms with Crippen LogP contribution in [0.3, 0.4) is 0 Å². The van der Waals surface area contributed by atoms with Crippen LogP contribution in [0.4, 0.5) is 0 Å². The van der Waals surface area contributed by atoms with Gasteiger partial charge < -0.3 is 10.2 Å². The van der Waals surface area contributed by atoms with Crippen molar-refractivity contribution in [2.45, 2.75) is 85.6 Å². The molecule has 0 aliphatic heterocycles. The van der Waals surface area contributed by atoms with Crippen molar-refractivity contribution in [2.75, 3.05) is 27.2 Å². The number of ketones is 1. The van der Waals surface area contributed by atoms with E-state index >= 15 is 0 Å². The maximum atomic E-state index is 10.9. The first-order valence-electron chi connectivity index (χ1n) is 10.6. The summed E-state index contributed by atoms with van der Waals surface area (Å²) in [6.07, 6.45) is 9.18. The van der Waals surface area contributed by atoms with Crippen LogP contribution in [0.2, 0.25) is 0 Å². The van der Waals surface area contributed by atoms with Crippen LogP contribution in [-0.2, 0) is 4.79 Å². The highest BCUT2D eigenvalue weighted by Gasteiger charge is 2.49. The molecule has 0 aromatic carbocycles. The minimum atomic E-state index is 0.414. The van der Waals surface area contributed by atoms with Gasteiger partial charge in [0.1, 0.15) is 5.78 Å². The van der Waals surface area contributed by atoms with Gasteiger partial charge in [0.15, 0.2) is 0 Å². The average molecular weight is 353 g/mol. The highest BCUT2D eigenvalue weighted by molar-refractivity contribution is 5.79. The van der Waals surface area contributed by atoms with E-state index in [0.717, 1.165) is 18.4 Å². The van der Waals surface area contributed by atoms with Gasteiger partial charge in [0.05, 0.1) is 0 Å². The van der Waals surface area contributed by atoms with E-state index in [0.29, 0.717) is 23.2 Å². The van der Waals surface area contributed by atoms with E-state index in [4.69, 9.17) is 0 Å². The highest BCUT2D eigenvalue weighted by atomic mass is 16.1. The third-order valence-corrected chi connectivity index (χ3v) is 6.99. The molecule has 25 heavy (non-hydrogen) atoms.